The van der Waals surface area contributed by atoms with Crippen LogP contribution in [0.5, 0.6) is 0 Å². The predicted octanol–water partition coefficient (Wildman–Crippen LogP) is -10.7. The molecule has 21 aliphatic rings. The van der Waals surface area contributed by atoms with Crippen LogP contribution in [0.25, 0.3) is 0 Å². The maximum atomic E-state index is 11.6. The number of hydrogen-bond donors (Lipinski definition) is 18. The number of hydrogen-bond acceptors (Lipinski definition) is 32. The third kappa shape index (κ3) is 12.7. The maximum Gasteiger partial charge on any atom is 0.187 e. The molecule has 32 heteroatoms. The van der Waals surface area contributed by atoms with Crippen molar-refractivity contribution in [3.63, 3.8) is 0 Å². The Kier molecular flexibility index (Phi) is 21.5. The molecule has 21 fully saturated rings. The fourth-order valence-corrected chi connectivity index (χ4v) is 11.1. The number of rotatable bonds is 8. The molecule has 18 N–H and O–H groups in total. The van der Waals surface area contributed by atoms with Crippen LogP contribution in [-0.4, -0.2) is 334 Å². The first-order valence-electron chi connectivity index (χ1n) is 26.1. The van der Waals surface area contributed by atoms with Crippen LogP contribution < -0.4 is 0 Å². The second-order valence-electron chi connectivity index (χ2n) is 21.2. The lowest BCUT2D eigenvalue weighted by atomic mass is 9.93. The Bertz CT molecular complexity index is 1830. The van der Waals surface area contributed by atoms with Gasteiger partial charge in [-0.15, -0.1) is 0 Å². The SMILES string of the molecule is CCC1OC2OC3C(CO)OC(OC4C(CO)OC(OC5C(CO)OC(OC6C(CO)OC(OC7C(CO)OC(OC8CC(O)C(OC8CC(C)C)OC1C(O)C2O)C(O)C7O)C(O)C6O)C(O)C5O)C(O)C4O)C(O)C3O. The highest BCUT2D eigenvalue weighted by Crippen LogP contribution is 2.39. The Labute approximate surface area is 445 Å². The topological polar surface area (TPSA) is 493 Å². The highest BCUT2D eigenvalue weighted by atomic mass is 16.8. The molecule has 0 aromatic rings. The lowest BCUT2D eigenvalue weighted by molar-refractivity contribution is -0.396. The first kappa shape index (κ1) is 62.8. The summed E-state index contributed by atoms with van der Waals surface area (Å²) in [5.41, 5.74) is 0. The predicted molar refractivity (Wildman–Crippen MR) is 243 cm³/mol. The summed E-state index contributed by atoms with van der Waals surface area (Å²) in [4.78, 5) is 0. The Morgan fingerprint density at radius 3 is 0.782 bits per heavy atom. The summed E-state index contributed by atoms with van der Waals surface area (Å²) < 4.78 is 82.3. The Hall–Kier alpha value is -1.28. The molecule has 0 aromatic carbocycles. The fraction of sp³-hybridized carbons (Fsp3) is 1.00. The van der Waals surface area contributed by atoms with E-state index in [0.29, 0.717) is 0 Å². The molecule has 0 aliphatic carbocycles. The van der Waals surface area contributed by atoms with Gasteiger partial charge in [0.15, 0.2) is 44.0 Å². The van der Waals surface area contributed by atoms with Crippen LogP contribution in [0.15, 0.2) is 0 Å². The molecule has 0 amide bonds. The first-order valence-corrected chi connectivity index (χ1v) is 26.1. The summed E-state index contributed by atoms with van der Waals surface area (Å²) in [6.45, 7) is 0.440. The van der Waals surface area contributed by atoms with Crippen molar-refractivity contribution < 1.29 is 158 Å². The minimum atomic E-state index is -2.17. The van der Waals surface area contributed by atoms with E-state index in [1.54, 1.807) is 6.92 Å². The van der Waals surface area contributed by atoms with Crippen molar-refractivity contribution in [3.8, 4) is 0 Å². The van der Waals surface area contributed by atoms with E-state index in [0.717, 1.165) is 0 Å². The monoisotopic (exact) mass is 1140 g/mol. The van der Waals surface area contributed by atoms with E-state index in [4.69, 9.17) is 66.3 Å². The van der Waals surface area contributed by atoms with Crippen molar-refractivity contribution >= 4 is 0 Å². The standard InChI is InChI=1S/C46H78O32/c1-4-14-34-22(53)29(60)42(65-14)74-36-18(8-48)69-44(30(61)24(36)55)76-38-20(10-50)71-46(32(63)26(38)57)78-39-21(11-51)72-45(33(64)27(39)58)77-37-19(9-49)70-43(31(62)25(37)56)75-35-17(7-47)68-41(28(59)23(35)54)67-16-6-13(52)40(73-34)66-15(16)5-12(2)3/h12-64H,4-11H2,1-3H3. The Morgan fingerprint density at radius 1 is 0.295 bits per heavy atom. The third-order valence-corrected chi connectivity index (χ3v) is 15.4. The van der Waals surface area contributed by atoms with Gasteiger partial charge in [-0.25, -0.2) is 0 Å². The molecule has 21 saturated heterocycles. The van der Waals surface area contributed by atoms with Crippen molar-refractivity contribution in [3.05, 3.63) is 0 Å². The van der Waals surface area contributed by atoms with Gasteiger partial charge in [0.1, 0.15) is 146 Å². The summed E-state index contributed by atoms with van der Waals surface area (Å²) in [5, 5.41) is 200. The van der Waals surface area contributed by atoms with E-state index in [9.17, 15) is 91.9 Å². The fourth-order valence-electron chi connectivity index (χ4n) is 11.1. The van der Waals surface area contributed by atoms with Gasteiger partial charge in [0.25, 0.3) is 0 Å². The van der Waals surface area contributed by atoms with Crippen LogP contribution in [-0.2, 0) is 66.3 Å². The van der Waals surface area contributed by atoms with E-state index in [-0.39, 0.29) is 25.2 Å². The van der Waals surface area contributed by atoms with Crippen LogP contribution in [0.4, 0.5) is 0 Å². The summed E-state index contributed by atoms with van der Waals surface area (Å²) in [6, 6.07) is 0. The van der Waals surface area contributed by atoms with Crippen LogP contribution in [0.1, 0.15) is 40.0 Å². The molecule has 32 nitrogen and oxygen atoms in total. The molecule has 0 aromatic heterocycles. The Balaban J connectivity index is 1.08. The second-order valence-corrected chi connectivity index (χ2v) is 21.2. The quantitative estimate of drug-likeness (QED) is 0.107. The second kappa shape index (κ2) is 26.7. The lowest BCUT2D eigenvalue weighted by Crippen LogP contribution is -2.68. The molecule has 34 unspecified atom stereocenters. The molecule has 21 rings (SSSR count). The first-order chi connectivity index (χ1) is 37.1. The number of ether oxygens (including phenoxy) is 14. The summed E-state index contributed by atoms with van der Waals surface area (Å²) in [5.74, 6) is -0.107. The normalized spacial score (nSPS) is 53.9. The highest BCUT2D eigenvalue weighted by molar-refractivity contribution is 5.01. The van der Waals surface area contributed by atoms with E-state index in [1.165, 1.54) is 0 Å². The van der Waals surface area contributed by atoms with E-state index >= 15 is 0 Å². The van der Waals surface area contributed by atoms with Gasteiger partial charge in [-0.05, 0) is 18.8 Å². The van der Waals surface area contributed by atoms with Crippen molar-refractivity contribution in [1.82, 2.24) is 0 Å². The smallest absolute Gasteiger partial charge is 0.187 e. The van der Waals surface area contributed by atoms with Gasteiger partial charge in [-0.2, -0.15) is 0 Å². The van der Waals surface area contributed by atoms with Gasteiger partial charge in [0.2, 0.25) is 0 Å². The molecule has 0 saturated carbocycles. The van der Waals surface area contributed by atoms with Gasteiger partial charge in [0.05, 0.1) is 51.3 Å². The largest absolute Gasteiger partial charge is 0.394 e. The molecular weight excluding hydrogens is 1060 g/mol. The zero-order valence-corrected chi connectivity index (χ0v) is 42.6. The van der Waals surface area contributed by atoms with Gasteiger partial charge in [-0.1, -0.05) is 20.8 Å². The van der Waals surface area contributed by atoms with Crippen LogP contribution in [0.2, 0.25) is 0 Å². The minimum absolute atomic E-state index is 0.0678. The molecule has 78 heavy (non-hydrogen) atoms. The lowest BCUT2D eigenvalue weighted by Gasteiger charge is -2.50. The number of aliphatic hydroxyl groups excluding tert-OH is 18. The van der Waals surface area contributed by atoms with Crippen molar-refractivity contribution in [2.45, 2.75) is 249 Å². The van der Waals surface area contributed by atoms with E-state index in [2.05, 4.69) is 0 Å². The van der Waals surface area contributed by atoms with Crippen molar-refractivity contribution in [2.24, 2.45) is 5.92 Å². The highest BCUT2D eigenvalue weighted by Gasteiger charge is 2.59. The Morgan fingerprint density at radius 2 is 0.526 bits per heavy atom. The molecule has 0 spiro atoms. The van der Waals surface area contributed by atoms with Crippen LogP contribution >= 0.6 is 0 Å². The molecular formula is C46H78O32. The summed E-state index contributed by atoms with van der Waals surface area (Å²) in [6.07, 6.45) is -61.2. The van der Waals surface area contributed by atoms with Gasteiger partial charge >= 0.3 is 0 Å². The van der Waals surface area contributed by atoms with Crippen molar-refractivity contribution in [2.75, 3.05) is 33.0 Å². The van der Waals surface area contributed by atoms with Gasteiger partial charge in [0, 0.05) is 6.42 Å². The molecule has 454 valence electrons. The van der Waals surface area contributed by atoms with Gasteiger partial charge in [-0.3, -0.25) is 0 Å². The van der Waals surface area contributed by atoms with E-state index in [1.807, 2.05) is 13.8 Å². The molecule has 34 atom stereocenters. The molecule has 0 radical (unpaired) electrons. The zero-order chi connectivity index (χ0) is 56.8. The maximum absolute atomic E-state index is 11.6. The minimum Gasteiger partial charge on any atom is -0.394 e. The van der Waals surface area contributed by atoms with E-state index < -0.39 is 242 Å². The summed E-state index contributed by atoms with van der Waals surface area (Å²) >= 11 is 0. The molecule has 21 aliphatic heterocycles. The third-order valence-electron chi connectivity index (χ3n) is 15.4. The number of aliphatic hydroxyl groups is 18. The van der Waals surface area contributed by atoms with Crippen LogP contribution in [0.3, 0.4) is 0 Å². The zero-order valence-electron chi connectivity index (χ0n) is 42.6. The summed E-state index contributed by atoms with van der Waals surface area (Å²) in [7, 11) is 0. The average Bonchev–Trinajstić information content (AvgIpc) is 3.45. The average molecular weight is 1140 g/mol. The van der Waals surface area contributed by atoms with Crippen LogP contribution in [0, 0.1) is 5.92 Å². The van der Waals surface area contributed by atoms with Crippen molar-refractivity contribution in [1.29, 1.82) is 0 Å². The molecule has 14 bridgehead atoms. The van der Waals surface area contributed by atoms with Gasteiger partial charge < -0.3 is 158 Å². The molecule has 21 heterocycles.